The molecule has 1 aliphatic heterocycles. The number of hydrazone groups is 1. The van der Waals surface area contributed by atoms with Crippen molar-refractivity contribution in [2.75, 3.05) is 0 Å². The van der Waals surface area contributed by atoms with Crippen LogP contribution in [0.2, 0.25) is 0 Å². The largest absolute Gasteiger partial charge is 0.459 e. The lowest BCUT2D eigenvalue weighted by molar-refractivity contribution is -0.121. The molecule has 0 aromatic heterocycles. The van der Waals surface area contributed by atoms with Crippen LogP contribution in [0.15, 0.2) is 29.4 Å². The maximum atomic E-state index is 11.8. The van der Waals surface area contributed by atoms with Crippen LogP contribution < -0.4 is 5.43 Å². The molecule has 5 nitrogen and oxygen atoms in total. The van der Waals surface area contributed by atoms with Gasteiger partial charge in [-0.3, -0.25) is 4.79 Å². The summed E-state index contributed by atoms with van der Waals surface area (Å²) in [6.07, 6.45) is 1.76. The van der Waals surface area contributed by atoms with Gasteiger partial charge in [-0.1, -0.05) is 19.1 Å². The van der Waals surface area contributed by atoms with Crippen molar-refractivity contribution in [3.8, 4) is 0 Å². The summed E-state index contributed by atoms with van der Waals surface area (Å²) in [6, 6.07) is 7.09. The van der Waals surface area contributed by atoms with Crippen molar-refractivity contribution in [1.82, 2.24) is 5.43 Å². The maximum absolute atomic E-state index is 11.8. The molecule has 5 heteroatoms. The number of nitrogens with zero attached hydrogens (tertiary/aromatic N) is 1. The summed E-state index contributed by atoms with van der Waals surface area (Å²) >= 11 is 0. The highest BCUT2D eigenvalue weighted by atomic mass is 16.5. The molecule has 0 aliphatic carbocycles. The molecule has 0 saturated carbocycles. The number of hydrogen-bond donors (Lipinski definition) is 1. The molecule has 0 fully saturated rings. The van der Waals surface area contributed by atoms with Crippen molar-refractivity contribution in [3.05, 3.63) is 35.4 Å². The van der Waals surface area contributed by atoms with E-state index in [0.29, 0.717) is 18.4 Å². The van der Waals surface area contributed by atoms with E-state index < -0.39 is 0 Å². The third-order valence-corrected chi connectivity index (χ3v) is 3.24. The van der Waals surface area contributed by atoms with Crippen molar-refractivity contribution in [2.24, 2.45) is 5.10 Å². The predicted octanol–water partition coefficient (Wildman–Crippen LogP) is 2.26. The summed E-state index contributed by atoms with van der Waals surface area (Å²) in [7, 11) is 0. The highest BCUT2D eigenvalue weighted by Crippen LogP contribution is 2.13. The van der Waals surface area contributed by atoms with Gasteiger partial charge in [-0.15, -0.1) is 0 Å². The van der Waals surface area contributed by atoms with Gasteiger partial charge in [-0.05, 0) is 31.0 Å². The highest BCUT2D eigenvalue weighted by Gasteiger charge is 2.15. The first kappa shape index (κ1) is 14.2. The average molecular weight is 274 g/mol. The minimum absolute atomic E-state index is 0.0671. The van der Waals surface area contributed by atoms with Gasteiger partial charge in [0.15, 0.2) is 0 Å². The van der Waals surface area contributed by atoms with Crippen molar-refractivity contribution in [1.29, 1.82) is 0 Å². The first-order chi connectivity index (χ1) is 9.60. The lowest BCUT2D eigenvalue weighted by Gasteiger charge is -2.13. The zero-order chi connectivity index (χ0) is 14.5. The van der Waals surface area contributed by atoms with Crippen molar-refractivity contribution in [3.63, 3.8) is 0 Å². The second kappa shape index (κ2) is 6.32. The fourth-order valence-corrected chi connectivity index (χ4v) is 1.82. The van der Waals surface area contributed by atoms with Crippen LogP contribution in [0.1, 0.15) is 49.0 Å². The molecule has 1 unspecified atom stereocenters. The number of hydrogen-bond acceptors (Lipinski definition) is 4. The molecule has 20 heavy (non-hydrogen) atoms. The Morgan fingerprint density at radius 1 is 1.35 bits per heavy atom. The average Bonchev–Trinajstić information content (AvgIpc) is 2.48. The molecule has 0 spiro atoms. The monoisotopic (exact) mass is 274 g/mol. The van der Waals surface area contributed by atoms with Crippen LogP contribution in [-0.2, 0) is 9.53 Å². The van der Waals surface area contributed by atoms with E-state index in [-0.39, 0.29) is 18.0 Å². The quantitative estimate of drug-likeness (QED) is 0.856. The number of esters is 1. The van der Waals surface area contributed by atoms with E-state index in [9.17, 15) is 9.59 Å². The number of nitrogens with one attached hydrogen (secondary N) is 1. The molecule has 106 valence electrons. The van der Waals surface area contributed by atoms with Gasteiger partial charge in [-0.2, -0.15) is 5.10 Å². The van der Waals surface area contributed by atoms with E-state index in [1.165, 1.54) is 0 Å². The number of amides is 1. The lowest BCUT2D eigenvalue weighted by Crippen LogP contribution is -2.25. The molecular weight excluding hydrogens is 256 g/mol. The zero-order valence-electron chi connectivity index (χ0n) is 11.7. The summed E-state index contributed by atoms with van der Waals surface area (Å²) < 4.78 is 5.26. The molecular formula is C15H18N2O3. The van der Waals surface area contributed by atoms with Gasteiger partial charge in [0, 0.05) is 12.8 Å². The molecule has 1 aliphatic rings. The standard InChI is InChI=1S/C15H18N2O3/c1-3-10(2)20-15(19)12-6-4-11(5-7-12)13-8-9-14(18)17-16-13/h4-7,10H,3,8-9H2,1-2H3,(H,17,18). The van der Waals surface area contributed by atoms with Crippen molar-refractivity contribution < 1.29 is 14.3 Å². The van der Waals surface area contributed by atoms with Gasteiger partial charge in [0.2, 0.25) is 5.91 Å². The summed E-state index contributed by atoms with van der Waals surface area (Å²) in [5.74, 6) is -0.382. The first-order valence-electron chi connectivity index (χ1n) is 6.77. The Bertz CT molecular complexity index is 535. The van der Waals surface area contributed by atoms with Crippen LogP contribution in [0.5, 0.6) is 0 Å². The van der Waals surface area contributed by atoms with E-state index in [1.54, 1.807) is 12.1 Å². The Morgan fingerprint density at radius 2 is 2.05 bits per heavy atom. The van der Waals surface area contributed by atoms with Crippen molar-refractivity contribution in [2.45, 2.75) is 39.2 Å². The maximum Gasteiger partial charge on any atom is 0.338 e. The fourth-order valence-electron chi connectivity index (χ4n) is 1.82. The normalized spacial score (nSPS) is 16.1. The van der Waals surface area contributed by atoms with E-state index in [1.807, 2.05) is 26.0 Å². The molecule has 1 atom stereocenters. The van der Waals surface area contributed by atoms with Gasteiger partial charge < -0.3 is 4.74 Å². The Hall–Kier alpha value is -2.17. The van der Waals surface area contributed by atoms with Crippen LogP contribution in [-0.4, -0.2) is 23.7 Å². The van der Waals surface area contributed by atoms with Gasteiger partial charge in [0.1, 0.15) is 0 Å². The van der Waals surface area contributed by atoms with E-state index in [0.717, 1.165) is 17.7 Å². The lowest BCUT2D eigenvalue weighted by atomic mass is 10.0. The van der Waals surface area contributed by atoms with E-state index >= 15 is 0 Å². The molecule has 1 N–H and O–H groups in total. The number of carbonyl (C=O) groups is 2. The van der Waals surface area contributed by atoms with Crippen LogP contribution in [0, 0.1) is 0 Å². The van der Waals surface area contributed by atoms with Crippen LogP contribution in [0.25, 0.3) is 0 Å². The number of rotatable bonds is 4. The molecule has 0 radical (unpaired) electrons. The third-order valence-electron chi connectivity index (χ3n) is 3.24. The molecule has 1 heterocycles. The second-order valence-electron chi connectivity index (χ2n) is 4.80. The SMILES string of the molecule is CCC(C)OC(=O)c1ccc(C2=NNC(=O)CC2)cc1. The molecule has 0 saturated heterocycles. The summed E-state index contributed by atoms with van der Waals surface area (Å²) in [5, 5.41) is 4.02. The van der Waals surface area contributed by atoms with Crippen LogP contribution >= 0.6 is 0 Å². The van der Waals surface area contributed by atoms with Crippen molar-refractivity contribution >= 4 is 17.6 Å². The molecule has 1 aromatic rings. The number of benzene rings is 1. The number of ether oxygens (including phenoxy) is 1. The first-order valence-corrected chi connectivity index (χ1v) is 6.77. The van der Waals surface area contributed by atoms with Crippen LogP contribution in [0.4, 0.5) is 0 Å². The van der Waals surface area contributed by atoms with E-state index in [2.05, 4.69) is 10.5 Å². The Labute approximate surface area is 118 Å². The molecule has 0 bridgehead atoms. The minimum Gasteiger partial charge on any atom is -0.459 e. The smallest absolute Gasteiger partial charge is 0.338 e. The minimum atomic E-state index is -0.315. The summed E-state index contributed by atoms with van der Waals surface area (Å²) in [4.78, 5) is 22.9. The topological polar surface area (TPSA) is 67.8 Å². The molecule has 2 rings (SSSR count). The second-order valence-corrected chi connectivity index (χ2v) is 4.80. The van der Waals surface area contributed by atoms with Gasteiger partial charge in [0.05, 0.1) is 17.4 Å². The van der Waals surface area contributed by atoms with E-state index in [4.69, 9.17) is 4.74 Å². The predicted molar refractivity (Wildman–Crippen MR) is 75.5 cm³/mol. The highest BCUT2D eigenvalue weighted by molar-refractivity contribution is 6.04. The number of carbonyl (C=O) groups excluding carboxylic acids is 2. The Kier molecular flexibility index (Phi) is 4.50. The van der Waals surface area contributed by atoms with Gasteiger partial charge >= 0.3 is 5.97 Å². The zero-order valence-corrected chi connectivity index (χ0v) is 11.7. The Morgan fingerprint density at radius 3 is 2.60 bits per heavy atom. The molecule has 1 aromatic carbocycles. The third kappa shape index (κ3) is 3.44. The molecule has 1 amide bonds. The fraction of sp³-hybridized carbons (Fsp3) is 0.400. The van der Waals surface area contributed by atoms with Crippen LogP contribution in [0.3, 0.4) is 0 Å². The van der Waals surface area contributed by atoms with Gasteiger partial charge in [-0.25, -0.2) is 10.2 Å². The summed E-state index contributed by atoms with van der Waals surface area (Å²) in [6.45, 7) is 3.84. The summed E-state index contributed by atoms with van der Waals surface area (Å²) in [5.41, 5.74) is 4.71. The Balaban J connectivity index is 2.06. The van der Waals surface area contributed by atoms with Gasteiger partial charge in [0.25, 0.3) is 0 Å².